The summed E-state index contributed by atoms with van der Waals surface area (Å²) in [5.41, 5.74) is 3.26. The highest BCUT2D eigenvalue weighted by Crippen LogP contribution is 2.19. The molecule has 166 valence electrons. The number of aromatic nitrogens is 2. The smallest absolute Gasteiger partial charge is 0.269 e. The Hall–Kier alpha value is -3.56. The van der Waals surface area contributed by atoms with Gasteiger partial charge in [-0.3, -0.25) is 19.8 Å². The van der Waals surface area contributed by atoms with Crippen LogP contribution in [0.25, 0.3) is 5.69 Å². The number of hydrogen-bond donors (Lipinski definition) is 1. The summed E-state index contributed by atoms with van der Waals surface area (Å²) in [6, 6.07) is 14.0. The molecule has 1 N–H and O–H groups in total. The number of carbonyl (C=O) groups is 1. The van der Waals surface area contributed by atoms with Crippen molar-refractivity contribution in [3.05, 3.63) is 87.7 Å². The van der Waals surface area contributed by atoms with Crippen LogP contribution in [-0.2, 0) is 4.74 Å². The van der Waals surface area contributed by atoms with Crippen molar-refractivity contribution in [3.8, 4) is 5.69 Å². The lowest BCUT2D eigenvalue weighted by molar-refractivity contribution is -0.384. The van der Waals surface area contributed by atoms with Gasteiger partial charge in [-0.15, -0.1) is 0 Å². The number of morpholine rings is 1. The zero-order valence-electron chi connectivity index (χ0n) is 17.8. The van der Waals surface area contributed by atoms with Crippen molar-refractivity contribution >= 4 is 11.6 Å². The third-order valence-electron chi connectivity index (χ3n) is 5.50. The molecule has 3 aromatic rings. The average Bonchev–Trinajstić information content (AvgIpc) is 3.30. The Bertz CT molecular complexity index is 1070. The fraction of sp³-hybridized carbons (Fsp3) is 0.304. The number of nitrogens with zero attached hydrogens (tertiary/aromatic N) is 4. The number of benzene rings is 2. The van der Waals surface area contributed by atoms with Crippen LogP contribution >= 0.6 is 0 Å². The third kappa shape index (κ3) is 5.19. The molecule has 4 rings (SSSR count). The van der Waals surface area contributed by atoms with Crippen LogP contribution in [0, 0.1) is 17.0 Å². The molecule has 2 aromatic carbocycles. The standard InChI is InChI=1S/C23H25N5O4/c1-17-2-4-18(5-3-17)22(16-26-10-12-32-13-11-26)25-23(29)19-14-24-27(15-19)20-6-8-21(9-7-20)28(30)31/h2-9,14-15,22H,10-13,16H2,1H3,(H,25,29)/t22-/m1/s1. The number of non-ortho nitro benzene ring substituents is 1. The fourth-order valence-electron chi connectivity index (χ4n) is 3.63. The van der Waals surface area contributed by atoms with Gasteiger partial charge in [-0.2, -0.15) is 5.10 Å². The largest absolute Gasteiger partial charge is 0.379 e. The molecule has 1 saturated heterocycles. The van der Waals surface area contributed by atoms with E-state index in [9.17, 15) is 14.9 Å². The van der Waals surface area contributed by atoms with E-state index in [2.05, 4.69) is 15.3 Å². The zero-order chi connectivity index (χ0) is 22.5. The average molecular weight is 435 g/mol. The molecule has 0 spiro atoms. The Morgan fingerprint density at radius 1 is 1.16 bits per heavy atom. The third-order valence-corrected chi connectivity index (χ3v) is 5.50. The minimum Gasteiger partial charge on any atom is -0.379 e. The van der Waals surface area contributed by atoms with Gasteiger partial charge in [0.15, 0.2) is 0 Å². The van der Waals surface area contributed by atoms with Crippen LogP contribution in [0.4, 0.5) is 5.69 Å². The van der Waals surface area contributed by atoms with Crippen LogP contribution in [0.3, 0.4) is 0 Å². The molecular weight excluding hydrogens is 410 g/mol. The monoisotopic (exact) mass is 435 g/mol. The molecule has 1 aliphatic heterocycles. The Labute approximate surface area is 185 Å². The number of hydrogen-bond acceptors (Lipinski definition) is 6. The first-order chi connectivity index (χ1) is 15.5. The fourth-order valence-corrected chi connectivity index (χ4v) is 3.63. The molecule has 9 nitrogen and oxygen atoms in total. The lowest BCUT2D eigenvalue weighted by atomic mass is 10.0. The molecule has 0 unspecified atom stereocenters. The number of nitrogens with one attached hydrogen (secondary N) is 1. The van der Waals surface area contributed by atoms with Crippen LogP contribution in [0.1, 0.15) is 27.5 Å². The van der Waals surface area contributed by atoms with Gasteiger partial charge in [0.2, 0.25) is 0 Å². The minimum atomic E-state index is -0.453. The second-order valence-corrected chi connectivity index (χ2v) is 7.80. The van der Waals surface area contributed by atoms with E-state index in [0.717, 1.165) is 24.2 Å². The Morgan fingerprint density at radius 2 is 1.84 bits per heavy atom. The van der Waals surface area contributed by atoms with E-state index < -0.39 is 4.92 Å². The zero-order valence-corrected chi connectivity index (χ0v) is 17.8. The Kier molecular flexibility index (Phi) is 6.58. The number of aryl methyl sites for hydroxylation is 1. The summed E-state index contributed by atoms with van der Waals surface area (Å²) in [5.74, 6) is -0.225. The topological polar surface area (TPSA) is 103 Å². The first kappa shape index (κ1) is 21.7. The highest BCUT2D eigenvalue weighted by Gasteiger charge is 2.21. The second kappa shape index (κ2) is 9.71. The summed E-state index contributed by atoms with van der Waals surface area (Å²) in [6.07, 6.45) is 3.12. The molecule has 9 heteroatoms. The Balaban J connectivity index is 1.50. The molecule has 1 aliphatic rings. The molecule has 0 saturated carbocycles. The first-order valence-electron chi connectivity index (χ1n) is 10.5. The van der Waals surface area contributed by atoms with Crippen LogP contribution in [0.2, 0.25) is 0 Å². The summed E-state index contributed by atoms with van der Waals surface area (Å²) in [6.45, 7) is 5.76. The summed E-state index contributed by atoms with van der Waals surface area (Å²) in [7, 11) is 0. The van der Waals surface area contributed by atoms with E-state index in [-0.39, 0.29) is 17.6 Å². The van der Waals surface area contributed by atoms with Crippen LogP contribution < -0.4 is 5.32 Å². The van der Waals surface area contributed by atoms with E-state index in [0.29, 0.717) is 31.0 Å². The molecule has 0 bridgehead atoms. The number of nitro benzene ring substituents is 1. The molecular formula is C23H25N5O4. The van der Waals surface area contributed by atoms with Crippen molar-refractivity contribution < 1.29 is 14.5 Å². The van der Waals surface area contributed by atoms with Crippen LogP contribution in [0.15, 0.2) is 60.9 Å². The second-order valence-electron chi connectivity index (χ2n) is 7.80. The summed E-state index contributed by atoms with van der Waals surface area (Å²) >= 11 is 0. The molecule has 0 aliphatic carbocycles. The van der Waals surface area contributed by atoms with Gasteiger partial charge in [0.25, 0.3) is 11.6 Å². The maximum atomic E-state index is 13.0. The van der Waals surface area contributed by atoms with Crippen molar-refractivity contribution in [1.82, 2.24) is 20.0 Å². The van der Waals surface area contributed by atoms with Gasteiger partial charge < -0.3 is 10.1 Å². The lowest BCUT2D eigenvalue weighted by Gasteiger charge is -2.31. The van der Waals surface area contributed by atoms with Gasteiger partial charge in [0.1, 0.15) is 0 Å². The van der Waals surface area contributed by atoms with E-state index in [4.69, 9.17) is 4.74 Å². The molecule has 1 fully saturated rings. The van der Waals surface area contributed by atoms with Gasteiger partial charge in [-0.05, 0) is 24.6 Å². The van der Waals surface area contributed by atoms with E-state index >= 15 is 0 Å². The normalized spacial score (nSPS) is 15.3. The number of carbonyl (C=O) groups excluding carboxylic acids is 1. The van der Waals surface area contributed by atoms with Crippen molar-refractivity contribution in [1.29, 1.82) is 0 Å². The first-order valence-corrected chi connectivity index (χ1v) is 10.5. The molecule has 1 atom stereocenters. The van der Waals surface area contributed by atoms with Crippen molar-refractivity contribution in [2.45, 2.75) is 13.0 Å². The lowest BCUT2D eigenvalue weighted by Crippen LogP contribution is -2.43. The van der Waals surface area contributed by atoms with Gasteiger partial charge in [0, 0.05) is 38.0 Å². The minimum absolute atomic E-state index is 0.00271. The summed E-state index contributed by atoms with van der Waals surface area (Å²) in [5, 5.41) is 18.2. The molecule has 2 heterocycles. The predicted octanol–water partition coefficient (Wildman–Crippen LogP) is 2.89. The van der Waals surface area contributed by atoms with Gasteiger partial charge in [0.05, 0.1) is 41.6 Å². The van der Waals surface area contributed by atoms with E-state index in [1.54, 1.807) is 18.3 Å². The van der Waals surface area contributed by atoms with Gasteiger partial charge in [-0.25, -0.2) is 4.68 Å². The quantitative estimate of drug-likeness (QED) is 0.452. The molecule has 32 heavy (non-hydrogen) atoms. The SMILES string of the molecule is Cc1ccc([C@@H](CN2CCOCC2)NC(=O)c2cnn(-c3ccc([N+](=O)[O-])cc3)c2)cc1. The molecule has 1 aromatic heterocycles. The highest BCUT2D eigenvalue weighted by atomic mass is 16.6. The molecule has 0 radical (unpaired) electrons. The summed E-state index contributed by atoms with van der Waals surface area (Å²) in [4.78, 5) is 25.7. The number of rotatable bonds is 7. The van der Waals surface area contributed by atoms with Crippen molar-refractivity contribution in [3.63, 3.8) is 0 Å². The van der Waals surface area contributed by atoms with E-state index in [1.165, 1.54) is 23.0 Å². The Morgan fingerprint density at radius 3 is 2.50 bits per heavy atom. The van der Waals surface area contributed by atoms with Crippen LogP contribution in [0.5, 0.6) is 0 Å². The van der Waals surface area contributed by atoms with Gasteiger partial charge >= 0.3 is 0 Å². The van der Waals surface area contributed by atoms with Crippen molar-refractivity contribution in [2.24, 2.45) is 0 Å². The predicted molar refractivity (Wildman–Crippen MR) is 119 cm³/mol. The maximum Gasteiger partial charge on any atom is 0.269 e. The molecule has 1 amide bonds. The highest BCUT2D eigenvalue weighted by molar-refractivity contribution is 5.94. The number of ether oxygens (including phenoxy) is 1. The summed E-state index contributed by atoms with van der Waals surface area (Å²) < 4.78 is 6.97. The number of nitro groups is 1. The maximum absolute atomic E-state index is 13.0. The van der Waals surface area contributed by atoms with Crippen molar-refractivity contribution in [2.75, 3.05) is 32.8 Å². The van der Waals surface area contributed by atoms with Gasteiger partial charge in [-0.1, -0.05) is 29.8 Å². The number of amides is 1. The van der Waals surface area contributed by atoms with Crippen LogP contribution in [-0.4, -0.2) is 58.4 Å². The van der Waals surface area contributed by atoms with E-state index in [1.807, 2.05) is 31.2 Å².